The quantitative estimate of drug-likeness (QED) is 0.674. The number of hydrogen-bond acceptors (Lipinski definition) is 4. The number of ketones is 1. The standard InChI is InChI=1S/C16H19NO3/c1-11-8-13(9-14(18)15(11)16(19)20-2)17-10-12-6-4-3-5-7-12/h3-7,9,11,15,17H,8,10H2,1-2H3/t11-,15+/m0/s1. The monoisotopic (exact) mass is 273 g/mol. The largest absolute Gasteiger partial charge is 0.468 e. The third-order valence-electron chi connectivity index (χ3n) is 3.55. The first-order valence-corrected chi connectivity index (χ1v) is 6.72. The van der Waals surface area contributed by atoms with E-state index in [4.69, 9.17) is 0 Å². The predicted molar refractivity (Wildman–Crippen MR) is 75.7 cm³/mol. The Morgan fingerprint density at radius 3 is 2.65 bits per heavy atom. The number of hydrogen-bond donors (Lipinski definition) is 1. The number of rotatable bonds is 4. The summed E-state index contributed by atoms with van der Waals surface area (Å²) in [5, 5.41) is 3.26. The summed E-state index contributed by atoms with van der Waals surface area (Å²) in [5.41, 5.74) is 2.04. The van der Waals surface area contributed by atoms with Gasteiger partial charge in [-0.05, 0) is 17.9 Å². The van der Waals surface area contributed by atoms with Crippen molar-refractivity contribution >= 4 is 11.8 Å². The molecule has 4 nitrogen and oxygen atoms in total. The fourth-order valence-corrected chi connectivity index (χ4v) is 2.48. The van der Waals surface area contributed by atoms with Crippen molar-refractivity contribution in [3.8, 4) is 0 Å². The molecule has 1 aliphatic rings. The molecule has 4 heteroatoms. The molecule has 0 saturated carbocycles. The molecule has 0 heterocycles. The summed E-state index contributed by atoms with van der Waals surface area (Å²) in [6, 6.07) is 9.98. The predicted octanol–water partition coefficient (Wildman–Crippen LogP) is 2.06. The minimum Gasteiger partial charge on any atom is -0.468 e. The van der Waals surface area contributed by atoms with Crippen molar-refractivity contribution in [1.29, 1.82) is 0 Å². The molecule has 1 aliphatic carbocycles. The Kier molecular flexibility index (Phi) is 4.56. The average Bonchev–Trinajstić information content (AvgIpc) is 2.45. The number of nitrogens with one attached hydrogen (secondary N) is 1. The second-order valence-electron chi connectivity index (χ2n) is 5.09. The molecule has 0 fully saturated rings. The minimum atomic E-state index is -0.665. The van der Waals surface area contributed by atoms with Crippen LogP contribution in [0, 0.1) is 11.8 Å². The molecule has 20 heavy (non-hydrogen) atoms. The Balaban J connectivity index is 2.01. The van der Waals surface area contributed by atoms with E-state index in [-0.39, 0.29) is 11.7 Å². The fourth-order valence-electron chi connectivity index (χ4n) is 2.48. The first kappa shape index (κ1) is 14.3. The summed E-state index contributed by atoms with van der Waals surface area (Å²) in [5.74, 6) is -1.33. The second-order valence-corrected chi connectivity index (χ2v) is 5.09. The van der Waals surface area contributed by atoms with Crippen LogP contribution in [-0.4, -0.2) is 18.9 Å². The van der Waals surface area contributed by atoms with Gasteiger partial charge in [0.1, 0.15) is 5.92 Å². The summed E-state index contributed by atoms with van der Waals surface area (Å²) < 4.78 is 4.69. The van der Waals surface area contributed by atoms with E-state index >= 15 is 0 Å². The highest BCUT2D eigenvalue weighted by atomic mass is 16.5. The molecule has 0 aliphatic heterocycles. The molecular weight excluding hydrogens is 254 g/mol. The first-order valence-electron chi connectivity index (χ1n) is 6.72. The van der Waals surface area contributed by atoms with E-state index < -0.39 is 11.9 Å². The molecule has 0 spiro atoms. The number of allylic oxidation sites excluding steroid dienone is 2. The van der Waals surface area contributed by atoms with Crippen molar-refractivity contribution < 1.29 is 14.3 Å². The van der Waals surface area contributed by atoms with Crippen molar-refractivity contribution in [2.75, 3.05) is 7.11 Å². The van der Waals surface area contributed by atoms with Gasteiger partial charge in [-0.25, -0.2) is 0 Å². The van der Waals surface area contributed by atoms with Gasteiger partial charge in [-0.2, -0.15) is 0 Å². The van der Waals surface area contributed by atoms with Gasteiger partial charge in [0.05, 0.1) is 7.11 Å². The molecule has 0 bridgehead atoms. The zero-order valence-corrected chi connectivity index (χ0v) is 11.8. The normalized spacial score (nSPS) is 22.1. The topological polar surface area (TPSA) is 55.4 Å². The maximum atomic E-state index is 12.0. The summed E-state index contributed by atoms with van der Waals surface area (Å²) in [7, 11) is 1.31. The highest BCUT2D eigenvalue weighted by molar-refractivity contribution is 6.06. The Morgan fingerprint density at radius 1 is 1.35 bits per heavy atom. The van der Waals surface area contributed by atoms with E-state index in [1.807, 2.05) is 37.3 Å². The lowest BCUT2D eigenvalue weighted by atomic mass is 9.82. The molecule has 2 atom stereocenters. The summed E-state index contributed by atoms with van der Waals surface area (Å²) in [6.07, 6.45) is 2.21. The molecule has 0 amide bonds. The lowest BCUT2D eigenvalue weighted by Crippen LogP contribution is -2.35. The van der Waals surface area contributed by atoms with Crippen molar-refractivity contribution in [2.24, 2.45) is 11.8 Å². The minimum absolute atomic E-state index is 0.0433. The third-order valence-corrected chi connectivity index (χ3v) is 3.55. The molecule has 1 aromatic carbocycles. The molecule has 2 rings (SSSR count). The van der Waals surface area contributed by atoms with E-state index in [9.17, 15) is 9.59 Å². The molecule has 0 radical (unpaired) electrons. The van der Waals surface area contributed by atoms with E-state index in [0.717, 1.165) is 11.3 Å². The Bertz CT molecular complexity index is 522. The summed E-state index contributed by atoms with van der Waals surface area (Å²) in [6.45, 7) is 2.58. The van der Waals surface area contributed by atoms with Crippen LogP contribution in [0.5, 0.6) is 0 Å². The maximum absolute atomic E-state index is 12.0. The van der Waals surface area contributed by atoms with Gasteiger partial charge in [0.25, 0.3) is 0 Å². The van der Waals surface area contributed by atoms with Crippen LogP contribution in [0.2, 0.25) is 0 Å². The summed E-state index contributed by atoms with van der Waals surface area (Å²) >= 11 is 0. The van der Waals surface area contributed by atoms with Gasteiger partial charge in [-0.15, -0.1) is 0 Å². The van der Waals surface area contributed by atoms with Crippen LogP contribution in [0.3, 0.4) is 0 Å². The number of carbonyl (C=O) groups excluding carboxylic acids is 2. The van der Waals surface area contributed by atoms with Crippen molar-refractivity contribution in [3.05, 3.63) is 47.7 Å². The van der Waals surface area contributed by atoms with Crippen LogP contribution in [0.4, 0.5) is 0 Å². The van der Waals surface area contributed by atoms with Gasteiger partial charge in [-0.3, -0.25) is 9.59 Å². The van der Waals surface area contributed by atoms with Gasteiger partial charge < -0.3 is 10.1 Å². The Labute approximate surface area is 118 Å². The number of methoxy groups -OCH3 is 1. The number of esters is 1. The molecule has 0 aromatic heterocycles. The number of benzene rings is 1. The number of ether oxygens (including phenoxy) is 1. The van der Waals surface area contributed by atoms with Crippen LogP contribution in [-0.2, 0) is 20.9 Å². The van der Waals surface area contributed by atoms with Crippen LogP contribution in [0.1, 0.15) is 18.9 Å². The van der Waals surface area contributed by atoms with Gasteiger partial charge in [0.15, 0.2) is 5.78 Å². The fraction of sp³-hybridized carbons (Fsp3) is 0.375. The van der Waals surface area contributed by atoms with E-state index in [2.05, 4.69) is 10.1 Å². The van der Waals surface area contributed by atoms with Crippen LogP contribution >= 0.6 is 0 Å². The summed E-state index contributed by atoms with van der Waals surface area (Å²) in [4.78, 5) is 23.6. The third kappa shape index (κ3) is 3.26. The van der Waals surface area contributed by atoms with Gasteiger partial charge in [-0.1, -0.05) is 37.3 Å². The van der Waals surface area contributed by atoms with E-state index in [1.54, 1.807) is 0 Å². The second kappa shape index (κ2) is 6.37. The first-order chi connectivity index (χ1) is 9.61. The molecule has 1 N–H and O–H groups in total. The molecule has 1 aromatic rings. The van der Waals surface area contributed by atoms with E-state index in [0.29, 0.717) is 13.0 Å². The molecule has 106 valence electrons. The SMILES string of the molecule is COC(=O)[C@H]1C(=O)C=C(NCc2ccccc2)C[C@@H]1C. The van der Waals surface area contributed by atoms with Gasteiger partial charge in [0, 0.05) is 18.3 Å². The highest BCUT2D eigenvalue weighted by Crippen LogP contribution is 2.27. The smallest absolute Gasteiger partial charge is 0.316 e. The molecular formula is C16H19NO3. The Hall–Kier alpha value is -2.10. The van der Waals surface area contributed by atoms with Crippen molar-refractivity contribution in [2.45, 2.75) is 19.9 Å². The van der Waals surface area contributed by atoms with Crippen LogP contribution < -0.4 is 5.32 Å². The van der Waals surface area contributed by atoms with Crippen LogP contribution in [0.25, 0.3) is 0 Å². The zero-order chi connectivity index (χ0) is 14.5. The molecule has 0 unspecified atom stereocenters. The number of carbonyl (C=O) groups is 2. The maximum Gasteiger partial charge on any atom is 0.316 e. The van der Waals surface area contributed by atoms with Crippen molar-refractivity contribution in [1.82, 2.24) is 5.32 Å². The lowest BCUT2D eigenvalue weighted by molar-refractivity contribution is -0.150. The zero-order valence-electron chi connectivity index (χ0n) is 11.8. The lowest BCUT2D eigenvalue weighted by Gasteiger charge is -2.26. The average molecular weight is 273 g/mol. The van der Waals surface area contributed by atoms with Gasteiger partial charge in [0.2, 0.25) is 0 Å². The van der Waals surface area contributed by atoms with E-state index in [1.165, 1.54) is 13.2 Å². The van der Waals surface area contributed by atoms with Crippen molar-refractivity contribution in [3.63, 3.8) is 0 Å². The Morgan fingerprint density at radius 2 is 2.05 bits per heavy atom. The molecule has 0 saturated heterocycles. The van der Waals surface area contributed by atoms with Crippen LogP contribution in [0.15, 0.2) is 42.1 Å². The highest BCUT2D eigenvalue weighted by Gasteiger charge is 2.35. The van der Waals surface area contributed by atoms with Gasteiger partial charge >= 0.3 is 5.97 Å².